The van der Waals surface area contributed by atoms with Crippen LogP contribution in [0.25, 0.3) is 11.0 Å². The molecule has 0 bridgehead atoms. The summed E-state index contributed by atoms with van der Waals surface area (Å²) >= 11 is 0. The van der Waals surface area contributed by atoms with Crippen LogP contribution in [0.4, 0.5) is 5.95 Å². The van der Waals surface area contributed by atoms with Crippen molar-refractivity contribution >= 4 is 28.8 Å². The monoisotopic (exact) mass is 258 g/mol. The first-order valence-corrected chi connectivity index (χ1v) is 6.14. The smallest absolute Gasteiger partial charge is 0.249 e. The maximum Gasteiger partial charge on any atom is 0.249 e. The van der Waals surface area contributed by atoms with Crippen molar-refractivity contribution in [3.63, 3.8) is 0 Å². The van der Waals surface area contributed by atoms with Crippen LogP contribution in [0.1, 0.15) is 24.4 Å². The summed E-state index contributed by atoms with van der Waals surface area (Å²) in [5, 5.41) is 2.34. The molecule has 98 valence electrons. The van der Waals surface area contributed by atoms with E-state index < -0.39 is 6.04 Å². The molecule has 2 amide bonds. The Bertz CT molecular complexity index is 689. The number of carbonyl (C=O) groups excluding carboxylic acids is 2. The van der Waals surface area contributed by atoms with Crippen LogP contribution in [-0.2, 0) is 9.59 Å². The number of nitrogens with one attached hydrogen (secondary N) is 1. The van der Waals surface area contributed by atoms with E-state index >= 15 is 0 Å². The van der Waals surface area contributed by atoms with Crippen LogP contribution in [0.2, 0.25) is 0 Å². The molecule has 6 heteroatoms. The molecule has 1 atom stereocenters. The summed E-state index contributed by atoms with van der Waals surface area (Å²) in [5.74, 6) is -0.247. The van der Waals surface area contributed by atoms with Gasteiger partial charge in [-0.3, -0.25) is 19.5 Å². The molecule has 1 aromatic carbocycles. The third kappa shape index (κ3) is 1.76. The molecular weight excluding hydrogens is 244 g/mol. The normalized spacial score (nSPS) is 19.7. The number of benzene rings is 1. The van der Waals surface area contributed by atoms with Gasteiger partial charge in [0, 0.05) is 6.42 Å². The summed E-state index contributed by atoms with van der Waals surface area (Å²) in [6.45, 7) is 1.95. The molecule has 1 aliphatic heterocycles. The molecule has 1 fully saturated rings. The standard InChI is InChI=1S/C13H14N4O2/c1-7-3-2-4-8-11(7)16-13(14)17(8)9-5-6-10(18)15-12(9)19/h2-4,9H,5-6H2,1H3,(H2,14,16)(H,15,18,19). The van der Waals surface area contributed by atoms with Crippen LogP contribution in [0.15, 0.2) is 18.2 Å². The maximum atomic E-state index is 11.9. The maximum absolute atomic E-state index is 11.9. The Morgan fingerprint density at radius 1 is 1.42 bits per heavy atom. The highest BCUT2D eigenvalue weighted by atomic mass is 16.2. The number of nitrogens with zero attached hydrogens (tertiary/aromatic N) is 2. The van der Waals surface area contributed by atoms with Gasteiger partial charge in [0.2, 0.25) is 17.8 Å². The van der Waals surface area contributed by atoms with Crippen molar-refractivity contribution in [3.8, 4) is 0 Å². The Morgan fingerprint density at radius 3 is 2.95 bits per heavy atom. The van der Waals surface area contributed by atoms with E-state index in [-0.39, 0.29) is 11.8 Å². The molecule has 1 aliphatic rings. The van der Waals surface area contributed by atoms with E-state index in [1.165, 1.54) is 0 Å². The van der Waals surface area contributed by atoms with Gasteiger partial charge in [0.25, 0.3) is 0 Å². The minimum absolute atomic E-state index is 0.236. The number of para-hydroxylation sites is 1. The van der Waals surface area contributed by atoms with E-state index in [1.807, 2.05) is 25.1 Å². The molecular formula is C13H14N4O2. The number of aromatic nitrogens is 2. The second-order valence-corrected chi connectivity index (χ2v) is 4.75. The number of imidazole rings is 1. The van der Waals surface area contributed by atoms with E-state index in [2.05, 4.69) is 10.3 Å². The van der Waals surface area contributed by atoms with Crippen LogP contribution >= 0.6 is 0 Å². The largest absolute Gasteiger partial charge is 0.369 e. The Morgan fingerprint density at radius 2 is 2.21 bits per heavy atom. The lowest BCUT2D eigenvalue weighted by Crippen LogP contribution is -2.41. The van der Waals surface area contributed by atoms with Crippen molar-refractivity contribution in [1.82, 2.24) is 14.9 Å². The Kier molecular flexibility index (Phi) is 2.51. The summed E-state index contributed by atoms with van der Waals surface area (Å²) in [7, 11) is 0. The molecule has 1 aromatic heterocycles. The Labute approximate surface area is 109 Å². The number of rotatable bonds is 1. The third-order valence-electron chi connectivity index (χ3n) is 3.47. The predicted octanol–water partition coefficient (Wildman–Crippen LogP) is 0.905. The zero-order valence-electron chi connectivity index (χ0n) is 10.5. The number of fused-ring (bicyclic) bond motifs is 1. The molecule has 6 nitrogen and oxygen atoms in total. The number of carbonyl (C=O) groups is 2. The lowest BCUT2D eigenvalue weighted by atomic mass is 10.1. The van der Waals surface area contributed by atoms with E-state index in [4.69, 9.17) is 5.73 Å². The van der Waals surface area contributed by atoms with E-state index in [0.717, 1.165) is 16.6 Å². The molecule has 19 heavy (non-hydrogen) atoms. The SMILES string of the molecule is Cc1cccc2c1nc(N)n2C1CCC(=O)NC1=O. The van der Waals surface area contributed by atoms with Crippen molar-refractivity contribution in [3.05, 3.63) is 23.8 Å². The lowest BCUT2D eigenvalue weighted by molar-refractivity contribution is -0.135. The summed E-state index contributed by atoms with van der Waals surface area (Å²) in [4.78, 5) is 27.5. The molecule has 2 aromatic rings. The number of amides is 2. The van der Waals surface area contributed by atoms with Gasteiger partial charge in [-0.1, -0.05) is 12.1 Å². The zero-order valence-corrected chi connectivity index (χ0v) is 10.5. The van der Waals surface area contributed by atoms with Crippen LogP contribution in [-0.4, -0.2) is 21.4 Å². The van der Waals surface area contributed by atoms with E-state index in [1.54, 1.807) is 4.57 Å². The van der Waals surface area contributed by atoms with Gasteiger partial charge in [-0.05, 0) is 25.0 Å². The molecule has 3 rings (SSSR count). The summed E-state index contributed by atoms with van der Waals surface area (Å²) in [5.41, 5.74) is 8.57. The molecule has 3 N–H and O–H groups in total. The number of imide groups is 1. The van der Waals surface area contributed by atoms with Gasteiger partial charge in [-0.2, -0.15) is 0 Å². The topological polar surface area (TPSA) is 90.0 Å². The van der Waals surface area contributed by atoms with Gasteiger partial charge in [-0.15, -0.1) is 0 Å². The fraction of sp³-hybridized carbons (Fsp3) is 0.308. The van der Waals surface area contributed by atoms with Crippen molar-refractivity contribution in [2.75, 3.05) is 5.73 Å². The summed E-state index contributed by atoms with van der Waals surface area (Å²) in [6, 6.07) is 5.27. The molecule has 0 spiro atoms. The van der Waals surface area contributed by atoms with Gasteiger partial charge in [-0.25, -0.2) is 4.98 Å². The lowest BCUT2D eigenvalue weighted by Gasteiger charge is -2.23. The van der Waals surface area contributed by atoms with Gasteiger partial charge in [0.05, 0.1) is 11.0 Å². The van der Waals surface area contributed by atoms with E-state index in [9.17, 15) is 9.59 Å². The summed E-state index contributed by atoms with van der Waals surface area (Å²) < 4.78 is 1.71. The third-order valence-corrected chi connectivity index (χ3v) is 3.47. The van der Waals surface area contributed by atoms with Crippen LogP contribution in [0.5, 0.6) is 0 Å². The van der Waals surface area contributed by atoms with Gasteiger partial charge in [0.1, 0.15) is 6.04 Å². The predicted molar refractivity (Wildman–Crippen MR) is 70.3 cm³/mol. The number of hydrogen-bond donors (Lipinski definition) is 2. The molecule has 1 unspecified atom stereocenters. The Balaban J connectivity index is 2.15. The number of nitrogen functional groups attached to an aromatic ring is 1. The van der Waals surface area contributed by atoms with Crippen LogP contribution in [0.3, 0.4) is 0 Å². The van der Waals surface area contributed by atoms with Gasteiger partial charge >= 0.3 is 0 Å². The minimum Gasteiger partial charge on any atom is -0.369 e. The van der Waals surface area contributed by atoms with Crippen molar-refractivity contribution in [2.24, 2.45) is 0 Å². The second kappa shape index (κ2) is 4.08. The molecule has 1 saturated heterocycles. The molecule has 0 saturated carbocycles. The van der Waals surface area contributed by atoms with Crippen molar-refractivity contribution in [2.45, 2.75) is 25.8 Å². The average molecular weight is 258 g/mol. The molecule has 0 aliphatic carbocycles. The first kappa shape index (κ1) is 11.7. The number of nitrogens with two attached hydrogens (primary N) is 1. The zero-order chi connectivity index (χ0) is 13.6. The highest BCUT2D eigenvalue weighted by Crippen LogP contribution is 2.28. The fourth-order valence-corrected chi connectivity index (χ4v) is 2.53. The number of aryl methyl sites for hydroxylation is 1. The minimum atomic E-state index is -0.468. The fourth-order valence-electron chi connectivity index (χ4n) is 2.53. The number of piperidine rings is 1. The van der Waals surface area contributed by atoms with Crippen molar-refractivity contribution < 1.29 is 9.59 Å². The van der Waals surface area contributed by atoms with E-state index in [0.29, 0.717) is 18.8 Å². The highest BCUT2D eigenvalue weighted by molar-refractivity contribution is 6.00. The quantitative estimate of drug-likeness (QED) is 0.744. The number of hydrogen-bond acceptors (Lipinski definition) is 4. The van der Waals surface area contributed by atoms with Crippen LogP contribution < -0.4 is 11.1 Å². The van der Waals surface area contributed by atoms with Crippen LogP contribution in [0, 0.1) is 6.92 Å². The number of anilines is 1. The average Bonchev–Trinajstić information content (AvgIpc) is 2.68. The van der Waals surface area contributed by atoms with Gasteiger partial charge < -0.3 is 5.73 Å². The molecule has 2 heterocycles. The highest BCUT2D eigenvalue weighted by Gasteiger charge is 2.30. The molecule has 0 radical (unpaired) electrons. The summed E-state index contributed by atoms with van der Waals surface area (Å²) in [6.07, 6.45) is 0.773. The second-order valence-electron chi connectivity index (χ2n) is 4.75. The van der Waals surface area contributed by atoms with Crippen molar-refractivity contribution in [1.29, 1.82) is 0 Å². The van der Waals surface area contributed by atoms with Gasteiger partial charge in [0.15, 0.2) is 0 Å². The first-order valence-electron chi connectivity index (χ1n) is 6.14. The first-order chi connectivity index (χ1) is 9.08. The Hall–Kier alpha value is -2.37.